The first-order chi connectivity index (χ1) is 18.9. The number of halogens is 4. The molecule has 0 bridgehead atoms. The van der Waals surface area contributed by atoms with E-state index < -0.39 is 83.5 Å². The fraction of sp³-hybridized carbons (Fsp3) is 0.346. The Bertz CT molecular complexity index is 1300. The van der Waals surface area contributed by atoms with Crippen LogP contribution >= 0.6 is 0 Å². The molecule has 3 N–H and O–H groups in total. The van der Waals surface area contributed by atoms with Crippen LogP contribution in [-0.2, 0) is 24.0 Å². The topological polar surface area (TPSA) is 142 Å². The minimum absolute atomic E-state index is 0.0280. The SMILES string of the molecule is Cc1cc(F)c(F)c(OCC(=O)[C@H](CC(=O)O)NC(=O)C2CCN(C(=O)C(=O)Nc3ccccc3F)CC2)c1F. The number of aliphatic carboxylic acids is 1. The molecule has 0 saturated carbocycles. The Kier molecular flexibility index (Phi) is 9.80. The number of carbonyl (C=O) groups excluding carboxylic acids is 4. The molecule has 1 aliphatic rings. The van der Waals surface area contributed by atoms with Gasteiger partial charge < -0.3 is 25.4 Å². The number of ether oxygens (including phenoxy) is 1. The number of para-hydroxylation sites is 1. The molecule has 3 rings (SSSR count). The second kappa shape index (κ2) is 13.0. The molecule has 2 aromatic rings. The van der Waals surface area contributed by atoms with Crippen molar-refractivity contribution in [1.82, 2.24) is 10.2 Å². The van der Waals surface area contributed by atoms with Gasteiger partial charge in [-0.05, 0) is 43.5 Å². The molecule has 0 aliphatic carbocycles. The molecule has 1 fully saturated rings. The molecule has 1 atom stereocenters. The second-order valence-corrected chi connectivity index (χ2v) is 9.05. The van der Waals surface area contributed by atoms with Crippen LogP contribution in [0.15, 0.2) is 30.3 Å². The molecule has 14 heteroatoms. The summed E-state index contributed by atoms with van der Waals surface area (Å²) < 4.78 is 60.2. The highest BCUT2D eigenvalue weighted by molar-refractivity contribution is 6.39. The van der Waals surface area contributed by atoms with Crippen molar-refractivity contribution in [3.63, 3.8) is 0 Å². The number of carbonyl (C=O) groups is 5. The molecule has 40 heavy (non-hydrogen) atoms. The minimum atomic E-state index is -1.67. The quantitative estimate of drug-likeness (QED) is 0.240. The number of rotatable bonds is 9. The number of carboxylic acid groups (broad SMARTS) is 1. The summed E-state index contributed by atoms with van der Waals surface area (Å²) in [5, 5.41) is 13.6. The lowest BCUT2D eigenvalue weighted by atomic mass is 9.95. The summed E-state index contributed by atoms with van der Waals surface area (Å²) in [6, 6.07) is 4.25. The smallest absolute Gasteiger partial charge is 0.313 e. The predicted molar refractivity (Wildman–Crippen MR) is 130 cm³/mol. The van der Waals surface area contributed by atoms with Crippen molar-refractivity contribution < 1.29 is 51.4 Å². The van der Waals surface area contributed by atoms with E-state index >= 15 is 0 Å². The van der Waals surface area contributed by atoms with Gasteiger partial charge in [0.2, 0.25) is 11.7 Å². The number of amides is 3. The molecular formula is C26H25F4N3O7. The first-order valence-corrected chi connectivity index (χ1v) is 12.1. The number of piperidine rings is 1. The van der Waals surface area contributed by atoms with Gasteiger partial charge in [0.05, 0.1) is 12.1 Å². The number of carboxylic acids is 1. The minimum Gasteiger partial charge on any atom is -0.481 e. The number of ketones is 1. The van der Waals surface area contributed by atoms with Gasteiger partial charge in [-0.15, -0.1) is 0 Å². The van der Waals surface area contributed by atoms with Crippen molar-refractivity contribution in [3.05, 3.63) is 59.2 Å². The maximum atomic E-state index is 14.1. The van der Waals surface area contributed by atoms with Crippen LogP contribution in [0.25, 0.3) is 0 Å². The standard InChI is InChI=1S/C26H25F4N3O7/c1-13-10-16(28)22(30)23(21(13)29)40-12-19(34)18(11-20(35)36)32-24(37)14-6-8-33(9-7-14)26(39)25(38)31-17-5-3-2-4-15(17)27/h2-5,10,14,18H,6-9,11-12H2,1H3,(H,31,38)(H,32,37)(H,35,36)/t18-/m0/s1. The lowest BCUT2D eigenvalue weighted by molar-refractivity contribution is -0.145. The summed E-state index contributed by atoms with van der Waals surface area (Å²) >= 11 is 0. The number of nitrogens with one attached hydrogen (secondary N) is 2. The van der Waals surface area contributed by atoms with Gasteiger partial charge in [-0.2, -0.15) is 4.39 Å². The van der Waals surface area contributed by atoms with Crippen LogP contribution in [0.3, 0.4) is 0 Å². The number of anilines is 1. The molecule has 3 amide bonds. The monoisotopic (exact) mass is 567 g/mol. The van der Waals surface area contributed by atoms with Crippen LogP contribution in [-0.4, -0.2) is 65.2 Å². The van der Waals surface area contributed by atoms with Gasteiger partial charge in [0.25, 0.3) is 0 Å². The molecular weight excluding hydrogens is 542 g/mol. The molecule has 1 saturated heterocycles. The number of hydrogen-bond acceptors (Lipinski definition) is 6. The van der Waals surface area contributed by atoms with Gasteiger partial charge in [0.1, 0.15) is 18.5 Å². The van der Waals surface area contributed by atoms with E-state index in [0.29, 0.717) is 6.07 Å². The summed E-state index contributed by atoms with van der Waals surface area (Å²) in [4.78, 5) is 62.4. The van der Waals surface area contributed by atoms with Crippen molar-refractivity contribution in [1.29, 1.82) is 0 Å². The van der Waals surface area contributed by atoms with Gasteiger partial charge in [0.15, 0.2) is 23.2 Å². The van der Waals surface area contributed by atoms with E-state index in [1.165, 1.54) is 18.2 Å². The van der Waals surface area contributed by atoms with E-state index in [0.717, 1.165) is 17.9 Å². The molecule has 0 unspecified atom stereocenters. The highest BCUT2D eigenvalue weighted by Gasteiger charge is 2.33. The highest BCUT2D eigenvalue weighted by atomic mass is 19.2. The number of benzene rings is 2. The Morgan fingerprint density at radius 3 is 2.30 bits per heavy atom. The van der Waals surface area contributed by atoms with Gasteiger partial charge in [0, 0.05) is 19.0 Å². The van der Waals surface area contributed by atoms with E-state index in [-0.39, 0.29) is 37.2 Å². The third-order valence-electron chi connectivity index (χ3n) is 6.21. The van der Waals surface area contributed by atoms with E-state index in [1.54, 1.807) is 0 Å². The lowest BCUT2D eigenvalue weighted by Gasteiger charge is -2.31. The van der Waals surface area contributed by atoms with Crippen LogP contribution in [0.2, 0.25) is 0 Å². The zero-order valence-electron chi connectivity index (χ0n) is 21.1. The largest absolute Gasteiger partial charge is 0.481 e. The van der Waals surface area contributed by atoms with E-state index in [4.69, 9.17) is 9.84 Å². The number of aryl methyl sites for hydroxylation is 1. The van der Waals surface area contributed by atoms with Gasteiger partial charge in [-0.1, -0.05) is 12.1 Å². The van der Waals surface area contributed by atoms with E-state index in [2.05, 4.69) is 10.6 Å². The molecule has 0 aromatic heterocycles. The summed E-state index contributed by atoms with van der Waals surface area (Å²) in [6.45, 7) is 0.0346. The van der Waals surface area contributed by atoms with Gasteiger partial charge in [-0.3, -0.25) is 24.0 Å². The summed E-state index contributed by atoms with van der Waals surface area (Å²) in [7, 11) is 0. The van der Waals surface area contributed by atoms with Crippen LogP contribution in [0, 0.1) is 36.1 Å². The van der Waals surface area contributed by atoms with Crippen LogP contribution in [0.1, 0.15) is 24.8 Å². The maximum absolute atomic E-state index is 14.1. The maximum Gasteiger partial charge on any atom is 0.313 e. The van der Waals surface area contributed by atoms with Crippen LogP contribution in [0.4, 0.5) is 23.2 Å². The fourth-order valence-electron chi connectivity index (χ4n) is 4.01. The number of nitrogens with zero attached hydrogens (tertiary/aromatic N) is 1. The van der Waals surface area contributed by atoms with Crippen molar-refractivity contribution in [2.45, 2.75) is 32.2 Å². The van der Waals surface area contributed by atoms with Crippen molar-refractivity contribution in [2.75, 3.05) is 25.0 Å². The third-order valence-corrected chi connectivity index (χ3v) is 6.21. The van der Waals surface area contributed by atoms with Crippen molar-refractivity contribution >= 4 is 35.2 Å². The Labute approximate surface area is 225 Å². The molecule has 1 heterocycles. The van der Waals surface area contributed by atoms with E-state index in [9.17, 15) is 41.5 Å². The number of Topliss-reactive ketones (excluding diaryl/α,β-unsaturated/α-hetero) is 1. The molecule has 0 spiro atoms. The average Bonchev–Trinajstić information content (AvgIpc) is 2.92. The van der Waals surface area contributed by atoms with Crippen LogP contribution in [0.5, 0.6) is 5.75 Å². The fourth-order valence-corrected chi connectivity index (χ4v) is 4.01. The Balaban J connectivity index is 1.56. The van der Waals surface area contributed by atoms with Crippen LogP contribution < -0.4 is 15.4 Å². The molecule has 1 aliphatic heterocycles. The third kappa shape index (κ3) is 7.33. The van der Waals surface area contributed by atoms with Crippen molar-refractivity contribution in [3.8, 4) is 5.75 Å². The first kappa shape index (κ1) is 30.1. The second-order valence-electron chi connectivity index (χ2n) is 9.05. The van der Waals surface area contributed by atoms with Gasteiger partial charge >= 0.3 is 17.8 Å². The first-order valence-electron chi connectivity index (χ1n) is 12.1. The predicted octanol–water partition coefficient (Wildman–Crippen LogP) is 2.34. The summed E-state index contributed by atoms with van der Waals surface area (Å²) in [6.07, 6.45) is -0.739. The highest BCUT2D eigenvalue weighted by Crippen LogP contribution is 2.27. The molecule has 10 nitrogen and oxygen atoms in total. The Morgan fingerprint density at radius 2 is 1.68 bits per heavy atom. The van der Waals surface area contributed by atoms with Crippen molar-refractivity contribution in [2.24, 2.45) is 5.92 Å². The van der Waals surface area contributed by atoms with E-state index in [1.807, 2.05) is 0 Å². The Morgan fingerprint density at radius 1 is 1.02 bits per heavy atom. The molecule has 2 aromatic carbocycles. The average molecular weight is 567 g/mol. The summed E-state index contributed by atoms with van der Waals surface area (Å²) in [5.74, 6) is -12.2. The zero-order chi connectivity index (χ0) is 29.6. The number of likely N-dealkylation sites (tertiary alicyclic amines) is 1. The normalized spacial score (nSPS) is 14.3. The van der Waals surface area contributed by atoms with Gasteiger partial charge in [-0.25, -0.2) is 13.2 Å². The zero-order valence-corrected chi connectivity index (χ0v) is 21.1. The molecule has 0 radical (unpaired) electrons. The molecule has 214 valence electrons. The summed E-state index contributed by atoms with van der Waals surface area (Å²) in [5.41, 5.74) is -0.461. The Hall–Kier alpha value is -4.49. The lowest BCUT2D eigenvalue weighted by Crippen LogP contribution is -2.50. The number of hydrogen-bond donors (Lipinski definition) is 3.